The maximum Gasteiger partial charge on any atom is 0.242 e. The van der Waals surface area contributed by atoms with Crippen molar-refractivity contribution in [3.63, 3.8) is 0 Å². The van der Waals surface area contributed by atoms with Crippen LogP contribution in [0, 0.1) is 5.92 Å². The van der Waals surface area contributed by atoms with Crippen LogP contribution in [-0.4, -0.2) is 33.3 Å². The van der Waals surface area contributed by atoms with Crippen molar-refractivity contribution in [2.75, 3.05) is 6.54 Å². The van der Waals surface area contributed by atoms with Gasteiger partial charge in [0.05, 0.1) is 0 Å². The van der Waals surface area contributed by atoms with Crippen molar-refractivity contribution in [1.29, 1.82) is 0 Å². The van der Waals surface area contributed by atoms with E-state index < -0.39 is 0 Å². The van der Waals surface area contributed by atoms with E-state index in [4.69, 9.17) is 5.73 Å². The van der Waals surface area contributed by atoms with Crippen LogP contribution in [-0.2, 0) is 11.3 Å². The van der Waals surface area contributed by atoms with Crippen LogP contribution >= 0.6 is 0 Å². The summed E-state index contributed by atoms with van der Waals surface area (Å²) in [6, 6.07) is 0.126. The molecule has 6 heteroatoms. The van der Waals surface area contributed by atoms with Crippen LogP contribution < -0.4 is 11.1 Å². The van der Waals surface area contributed by atoms with E-state index in [0.29, 0.717) is 12.5 Å². The zero-order chi connectivity index (χ0) is 10.7. The van der Waals surface area contributed by atoms with Crippen molar-refractivity contribution < 1.29 is 4.79 Å². The second kappa shape index (κ2) is 4.39. The third-order valence-electron chi connectivity index (χ3n) is 2.56. The maximum absolute atomic E-state index is 11.6. The second-order valence-electron chi connectivity index (χ2n) is 3.84. The molecule has 1 amide bonds. The normalized spacial score (nSPS) is 17.4. The molecule has 15 heavy (non-hydrogen) atoms. The summed E-state index contributed by atoms with van der Waals surface area (Å²) in [6.45, 7) is 0.719. The van der Waals surface area contributed by atoms with Crippen LogP contribution in [0.1, 0.15) is 12.8 Å². The van der Waals surface area contributed by atoms with Crippen LogP contribution in [0.4, 0.5) is 0 Å². The Labute approximate surface area is 87.9 Å². The van der Waals surface area contributed by atoms with Crippen LogP contribution in [0.25, 0.3) is 0 Å². The monoisotopic (exact) mass is 209 g/mol. The third kappa shape index (κ3) is 2.76. The summed E-state index contributed by atoms with van der Waals surface area (Å²) in [6.07, 6.45) is 5.28. The van der Waals surface area contributed by atoms with Gasteiger partial charge in [0.2, 0.25) is 5.91 Å². The number of amides is 1. The summed E-state index contributed by atoms with van der Waals surface area (Å²) >= 11 is 0. The van der Waals surface area contributed by atoms with Crippen molar-refractivity contribution in [3.05, 3.63) is 12.7 Å². The molecule has 0 bridgehead atoms. The van der Waals surface area contributed by atoms with Gasteiger partial charge in [-0.05, 0) is 18.8 Å². The van der Waals surface area contributed by atoms with Crippen LogP contribution in [0.3, 0.4) is 0 Å². The molecule has 1 aliphatic rings. The van der Waals surface area contributed by atoms with Crippen LogP contribution in [0.5, 0.6) is 0 Å². The zero-order valence-electron chi connectivity index (χ0n) is 8.47. The Bertz CT molecular complexity index is 319. The van der Waals surface area contributed by atoms with E-state index >= 15 is 0 Å². The Morgan fingerprint density at radius 1 is 1.67 bits per heavy atom. The van der Waals surface area contributed by atoms with Crippen molar-refractivity contribution in [2.45, 2.75) is 25.4 Å². The summed E-state index contributed by atoms with van der Waals surface area (Å²) < 4.78 is 1.50. The first-order valence-electron chi connectivity index (χ1n) is 5.11. The molecule has 6 nitrogen and oxygen atoms in total. The van der Waals surface area contributed by atoms with Crippen molar-refractivity contribution in [3.8, 4) is 0 Å². The highest BCUT2D eigenvalue weighted by molar-refractivity contribution is 5.76. The summed E-state index contributed by atoms with van der Waals surface area (Å²) in [5.41, 5.74) is 5.59. The number of nitrogens with two attached hydrogens (primary N) is 1. The predicted octanol–water partition coefficient (Wildman–Crippen LogP) is -0.868. The number of hydrogen-bond acceptors (Lipinski definition) is 4. The van der Waals surface area contributed by atoms with Gasteiger partial charge in [0.25, 0.3) is 0 Å². The van der Waals surface area contributed by atoms with E-state index in [0.717, 1.165) is 0 Å². The van der Waals surface area contributed by atoms with Crippen molar-refractivity contribution in [1.82, 2.24) is 20.1 Å². The minimum atomic E-state index is -0.0529. The molecule has 3 N–H and O–H groups in total. The van der Waals surface area contributed by atoms with E-state index in [-0.39, 0.29) is 18.5 Å². The van der Waals surface area contributed by atoms with Gasteiger partial charge in [-0.2, -0.15) is 5.10 Å². The first kappa shape index (κ1) is 10.1. The van der Waals surface area contributed by atoms with E-state index in [1.165, 1.54) is 30.2 Å². The summed E-state index contributed by atoms with van der Waals surface area (Å²) in [4.78, 5) is 15.3. The number of aromatic nitrogens is 3. The predicted molar refractivity (Wildman–Crippen MR) is 53.7 cm³/mol. The molecule has 1 aromatic rings. The molecular weight excluding hydrogens is 194 g/mol. The van der Waals surface area contributed by atoms with Gasteiger partial charge in [0, 0.05) is 12.6 Å². The number of nitrogens with zero attached hydrogens (tertiary/aromatic N) is 3. The molecule has 0 saturated heterocycles. The minimum Gasteiger partial charge on any atom is -0.350 e. The topological polar surface area (TPSA) is 85.8 Å². The fraction of sp³-hybridized carbons (Fsp3) is 0.667. The molecule has 1 saturated carbocycles. The summed E-state index contributed by atoms with van der Waals surface area (Å²) in [7, 11) is 0. The molecule has 1 unspecified atom stereocenters. The van der Waals surface area contributed by atoms with E-state index in [1.807, 2.05) is 0 Å². The highest BCUT2D eigenvalue weighted by Gasteiger charge is 2.31. The number of carbonyl (C=O) groups is 1. The zero-order valence-corrected chi connectivity index (χ0v) is 8.47. The Morgan fingerprint density at radius 2 is 2.47 bits per heavy atom. The molecule has 2 rings (SSSR count). The van der Waals surface area contributed by atoms with Crippen LogP contribution in [0.2, 0.25) is 0 Å². The lowest BCUT2D eigenvalue weighted by atomic mass is 10.2. The third-order valence-corrected chi connectivity index (χ3v) is 2.56. The molecule has 1 atom stereocenters. The standard InChI is InChI=1S/C9H15N5O/c10-3-8(7-1-2-7)13-9(15)4-14-6-11-5-12-14/h5-8H,1-4,10H2,(H,13,15). The van der Waals surface area contributed by atoms with Gasteiger partial charge in [-0.25, -0.2) is 9.67 Å². The average molecular weight is 209 g/mol. The molecule has 1 aromatic heterocycles. The highest BCUT2D eigenvalue weighted by Crippen LogP contribution is 2.32. The first-order valence-corrected chi connectivity index (χ1v) is 5.11. The second-order valence-corrected chi connectivity index (χ2v) is 3.84. The molecule has 1 fully saturated rings. The number of nitrogens with one attached hydrogen (secondary N) is 1. The van der Waals surface area contributed by atoms with Gasteiger partial charge in [-0.3, -0.25) is 4.79 Å². The summed E-state index contributed by atoms with van der Waals surface area (Å²) in [5.74, 6) is 0.526. The SMILES string of the molecule is NCC(NC(=O)Cn1cncn1)C1CC1. The van der Waals surface area contributed by atoms with Gasteiger partial charge >= 0.3 is 0 Å². The Kier molecular flexibility index (Phi) is 2.96. The number of rotatable bonds is 5. The van der Waals surface area contributed by atoms with Gasteiger partial charge in [-0.15, -0.1) is 0 Å². The maximum atomic E-state index is 11.6. The average Bonchev–Trinajstić information content (AvgIpc) is 2.95. The van der Waals surface area contributed by atoms with Crippen molar-refractivity contribution >= 4 is 5.91 Å². The van der Waals surface area contributed by atoms with E-state index in [9.17, 15) is 4.79 Å². The molecule has 0 radical (unpaired) electrons. The van der Waals surface area contributed by atoms with E-state index in [1.54, 1.807) is 0 Å². The Morgan fingerprint density at radius 3 is 3.00 bits per heavy atom. The molecule has 1 heterocycles. The fourth-order valence-corrected chi connectivity index (χ4v) is 1.58. The lowest BCUT2D eigenvalue weighted by molar-refractivity contribution is -0.122. The smallest absolute Gasteiger partial charge is 0.242 e. The van der Waals surface area contributed by atoms with Crippen molar-refractivity contribution in [2.24, 2.45) is 11.7 Å². The Balaban J connectivity index is 1.80. The van der Waals surface area contributed by atoms with E-state index in [2.05, 4.69) is 15.4 Å². The molecule has 82 valence electrons. The molecular formula is C9H15N5O. The van der Waals surface area contributed by atoms with Gasteiger partial charge in [-0.1, -0.05) is 0 Å². The molecule has 1 aliphatic carbocycles. The molecule has 0 aliphatic heterocycles. The highest BCUT2D eigenvalue weighted by atomic mass is 16.2. The Hall–Kier alpha value is -1.43. The quantitative estimate of drug-likeness (QED) is 0.660. The lowest BCUT2D eigenvalue weighted by Crippen LogP contribution is -2.43. The summed E-state index contributed by atoms with van der Waals surface area (Å²) in [5, 5.41) is 6.78. The van der Waals surface area contributed by atoms with Gasteiger partial charge in [0.1, 0.15) is 19.2 Å². The van der Waals surface area contributed by atoms with Crippen LogP contribution in [0.15, 0.2) is 12.7 Å². The minimum absolute atomic E-state index is 0.0529. The van der Waals surface area contributed by atoms with Gasteiger partial charge in [0.15, 0.2) is 0 Å². The number of carbonyl (C=O) groups excluding carboxylic acids is 1. The largest absolute Gasteiger partial charge is 0.350 e. The first-order chi connectivity index (χ1) is 7.29. The fourth-order valence-electron chi connectivity index (χ4n) is 1.58. The lowest BCUT2D eigenvalue weighted by Gasteiger charge is -2.15. The van der Waals surface area contributed by atoms with Gasteiger partial charge < -0.3 is 11.1 Å². The number of hydrogen-bond donors (Lipinski definition) is 2. The molecule has 0 aromatic carbocycles. The molecule has 0 spiro atoms.